The molecule has 0 saturated heterocycles. The molecular weight excluding hydrogens is 389 g/mol. The predicted molar refractivity (Wildman–Crippen MR) is 107 cm³/mol. The number of benzene rings is 2. The second kappa shape index (κ2) is 7.48. The highest BCUT2D eigenvalue weighted by Crippen LogP contribution is 2.33. The lowest BCUT2D eigenvalue weighted by molar-refractivity contribution is 0.485. The molecule has 0 amide bonds. The van der Waals surface area contributed by atoms with Gasteiger partial charge in [0.2, 0.25) is 0 Å². The van der Waals surface area contributed by atoms with E-state index >= 15 is 0 Å². The van der Waals surface area contributed by atoms with Crippen LogP contribution in [0.2, 0.25) is 0 Å². The summed E-state index contributed by atoms with van der Waals surface area (Å²) >= 11 is 1.32. The normalized spacial score (nSPS) is 11.2. The second-order valence-electron chi connectivity index (χ2n) is 6.28. The highest BCUT2D eigenvalue weighted by molar-refractivity contribution is 7.99. The molecule has 3 heterocycles. The second-order valence-corrected chi connectivity index (χ2v) is 7.24. The van der Waals surface area contributed by atoms with Crippen LogP contribution in [-0.4, -0.2) is 24.7 Å². The van der Waals surface area contributed by atoms with Crippen LogP contribution in [-0.2, 0) is 6.54 Å². The third kappa shape index (κ3) is 3.50. The maximum Gasteiger partial charge on any atom is 0.198 e. The van der Waals surface area contributed by atoms with Gasteiger partial charge in [-0.1, -0.05) is 30.3 Å². The number of hydrogen-bond acceptors (Lipinski definition) is 6. The van der Waals surface area contributed by atoms with E-state index in [0.29, 0.717) is 33.5 Å². The fourth-order valence-electron chi connectivity index (χ4n) is 3.04. The minimum absolute atomic E-state index is 0.337. The number of rotatable bonds is 5. The molecule has 5 rings (SSSR count). The lowest BCUT2D eigenvalue weighted by Gasteiger charge is -2.09. The first kappa shape index (κ1) is 17.6. The monoisotopic (exact) mass is 403 g/mol. The number of hydrogen-bond donors (Lipinski definition) is 0. The minimum atomic E-state index is -0.337. The molecule has 0 spiro atoms. The van der Waals surface area contributed by atoms with Gasteiger partial charge >= 0.3 is 0 Å². The van der Waals surface area contributed by atoms with E-state index in [4.69, 9.17) is 4.42 Å². The van der Waals surface area contributed by atoms with E-state index in [1.54, 1.807) is 12.3 Å². The Morgan fingerprint density at radius 1 is 0.966 bits per heavy atom. The Morgan fingerprint density at radius 3 is 2.69 bits per heavy atom. The van der Waals surface area contributed by atoms with Gasteiger partial charge in [-0.05, 0) is 42.1 Å². The predicted octanol–water partition coefficient (Wildman–Crippen LogP) is 4.82. The maximum atomic E-state index is 13.8. The van der Waals surface area contributed by atoms with Gasteiger partial charge in [-0.15, -0.1) is 10.2 Å². The number of furan rings is 1. The van der Waals surface area contributed by atoms with E-state index in [2.05, 4.69) is 20.2 Å². The van der Waals surface area contributed by atoms with Crippen molar-refractivity contribution < 1.29 is 8.81 Å². The van der Waals surface area contributed by atoms with Gasteiger partial charge in [0.15, 0.2) is 11.0 Å². The molecule has 3 aromatic heterocycles. The first-order valence-electron chi connectivity index (χ1n) is 8.87. The fourth-order valence-corrected chi connectivity index (χ4v) is 3.93. The van der Waals surface area contributed by atoms with Crippen LogP contribution in [0.5, 0.6) is 0 Å². The van der Waals surface area contributed by atoms with Gasteiger partial charge in [-0.25, -0.2) is 14.4 Å². The molecule has 142 valence electrons. The van der Waals surface area contributed by atoms with E-state index in [1.807, 2.05) is 47.0 Å². The average Bonchev–Trinajstić information content (AvgIpc) is 3.40. The molecule has 0 aliphatic carbocycles. The zero-order valence-electron chi connectivity index (χ0n) is 15.1. The van der Waals surface area contributed by atoms with Gasteiger partial charge in [0.05, 0.1) is 18.3 Å². The smallest absolute Gasteiger partial charge is 0.198 e. The van der Waals surface area contributed by atoms with Crippen LogP contribution in [0.1, 0.15) is 5.76 Å². The minimum Gasteiger partial charge on any atom is -0.467 e. The van der Waals surface area contributed by atoms with Gasteiger partial charge < -0.3 is 4.42 Å². The molecule has 0 saturated carbocycles. The number of fused-ring (bicyclic) bond motifs is 1. The molecule has 0 unspecified atom stereocenters. The van der Waals surface area contributed by atoms with Crippen LogP contribution in [0.4, 0.5) is 4.39 Å². The maximum absolute atomic E-state index is 13.8. The van der Waals surface area contributed by atoms with Crippen molar-refractivity contribution in [2.45, 2.75) is 16.7 Å². The van der Waals surface area contributed by atoms with Crippen LogP contribution < -0.4 is 0 Å². The van der Waals surface area contributed by atoms with Crippen molar-refractivity contribution in [3.05, 3.63) is 84.8 Å². The lowest BCUT2D eigenvalue weighted by Crippen LogP contribution is -2.03. The molecule has 8 heteroatoms. The van der Waals surface area contributed by atoms with Crippen molar-refractivity contribution in [1.29, 1.82) is 0 Å². The summed E-state index contributed by atoms with van der Waals surface area (Å²) in [6, 6.07) is 18.0. The Labute approximate surface area is 169 Å². The van der Waals surface area contributed by atoms with Gasteiger partial charge in [-0.3, -0.25) is 4.57 Å². The lowest BCUT2D eigenvalue weighted by atomic mass is 10.2. The Bertz CT molecular complexity index is 1270. The summed E-state index contributed by atoms with van der Waals surface area (Å²) in [5.41, 5.74) is 1.61. The van der Waals surface area contributed by atoms with E-state index in [1.165, 1.54) is 30.2 Å². The molecule has 6 nitrogen and oxygen atoms in total. The molecule has 0 fully saturated rings. The summed E-state index contributed by atoms with van der Waals surface area (Å²) in [6.07, 6.45) is 3.10. The topological polar surface area (TPSA) is 69.6 Å². The van der Waals surface area contributed by atoms with Crippen molar-refractivity contribution in [3.8, 4) is 11.4 Å². The zero-order valence-corrected chi connectivity index (χ0v) is 15.9. The summed E-state index contributed by atoms with van der Waals surface area (Å²) in [5, 5.41) is 10.6. The van der Waals surface area contributed by atoms with Gasteiger partial charge in [0, 0.05) is 10.9 Å². The van der Waals surface area contributed by atoms with Crippen LogP contribution >= 0.6 is 11.8 Å². The largest absolute Gasteiger partial charge is 0.467 e. The van der Waals surface area contributed by atoms with Gasteiger partial charge in [-0.2, -0.15) is 0 Å². The Morgan fingerprint density at radius 2 is 1.86 bits per heavy atom. The molecule has 0 aliphatic heterocycles. The Balaban J connectivity index is 1.60. The molecule has 0 aliphatic rings. The summed E-state index contributed by atoms with van der Waals surface area (Å²) in [7, 11) is 0. The molecule has 5 aromatic rings. The SMILES string of the molecule is Fc1ccc2ncnc(Sc3nnc(-c4ccccc4)n3Cc3ccco3)c2c1. The summed E-state index contributed by atoms with van der Waals surface area (Å²) in [5.74, 6) is 1.16. The van der Waals surface area contributed by atoms with E-state index in [9.17, 15) is 4.39 Å². The van der Waals surface area contributed by atoms with Gasteiger partial charge in [0.1, 0.15) is 22.9 Å². The molecule has 0 N–H and O–H groups in total. The fraction of sp³-hybridized carbons (Fsp3) is 0.0476. The molecule has 0 bridgehead atoms. The van der Waals surface area contributed by atoms with Crippen LogP contribution in [0, 0.1) is 5.82 Å². The third-order valence-corrected chi connectivity index (χ3v) is 5.39. The van der Waals surface area contributed by atoms with Crippen LogP contribution in [0.25, 0.3) is 22.3 Å². The number of nitrogens with zero attached hydrogens (tertiary/aromatic N) is 5. The van der Waals surface area contributed by atoms with Crippen LogP contribution in [0.15, 0.2) is 87.9 Å². The highest BCUT2D eigenvalue weighted by Gasteiger charge is 2.18. The van der Waals surface area contributed by atoms with E-state index in [0.717, 1.165) is 11.3 Å². The van der Waals surface area contributed by atoms with E-state index < -0.39 is 0 Å². The van der Waals surface area contributed by atoms with Crippen molar-refractivity contribution in [2.75, 3.05) is 0 Å². The summed E-state index contributed by atoms with van der Waals surface area (Å²) in [4.78, 5) is 8.56. The quantitative estimate of drug-likeness (QED) is 0.392. The number of halogens is 1. The summed E-state index contributed by atoms with van der Waals surface area (Å²) in [6.45, 7) is 0.462. The Kier molecular flexibility index (Phi) is 4.53. The van der Waals surface area contributed by atoms with Crippen molar-refractivity contribution in [3.63, 3.8) is 0 Å². The molecule has 29 heavy (non-hydrogen) atoms. The van der Waals surface area contributed by atoms with Crippen molar-refractivity contribution in [1.82, 2.24) is 24.7 Å². The van der Waals surface area contributed by atoms with E-state index in [-0.39, 0.29) is 5.82 Å². The average molecular weight is 403 g/mol. The molecule has 0 atom stereocenters. The first-order valence-corrected chi connectivity index (χ1v) is 9.69. The molecular formula is C21H14FN5OS. The van der Waals surface area contributed by atoms with Gasteiger partial charge in [0.25, 0.3) is 0 Å². The van der Waals surface area contributed by atoms with Crippen LogP contribution in [0.3, 0.4) is 0 Å². The first-order chi connectivity index (χ1) is 14.3. The molecule has 2 aromatic carbocycles. The molecule has 0 radical (unpaired) electrons. The van der Waals surface area contributed by atoms with Crippen molar-refractivity contribution in [2.24, 2.45) is 0 Å². The summed E-state index contributed by atoms with van der Waals surface area (Å²) < 4.78 is 21.3. The third-order valence-electron chi connectivity index (χ3n) is 4.39. The Hall–Kier alpha value is -3.52. The van der Waals surface area contributed by atoms with Crippen molar-refractivity contribution >= 4 is 22.7 Å². The standard InChI is InChI=1S/C21H14FN5OS/c22-15-8-9-18-17(11-15)20(24-13-23-18)29-21-26-25-19(14-5-2-1-3-6-14)27(21)12-16-7-4-10-28-16/h1-11,13H,12H2. The zero-order chi connectivity index (χ0) is 19.6. The highest BCUT2D eigenvalue weighted by atomic mass is 32.2. The number of aromatic nitrogens is 5.